The molecule has 226 valence electrons. The second-order valence-electron chi connectivity index (χ2n) is 9.33. The fraction of sp³-hybridized carbons (Fsp3) is 0.258. The summed E-state index contributed by atoms with van der Waals surface area (Å²) in [6.45, 7) is 4.88. The van der Waals surface area contributed by atoms with E-state index in [0.29, 0.717) is 61.0 Å². The standard InChI is InChI=1S/C31H29Cl2IN2O7/c1-4-10-42-25-9-6-18(13-26(25)41-5-2)16-36-30(38)22(29(37)35-31(36)39)11-19-12-24(34)28(27(14-19)40-3)43-17-20-7-8-21(32)15-23(20)33/h6-9,11-15H,4-5,10,16-17H2,1-3H3,(H,35,37,39)/b22-11+. The predicted octanol–water partition coefficient (Wildman–Crippen LogP) is 7.04. The van der Waals surface area contributed by atoms with Crippen LogP contribution in [0.5, 0.6) is 23.0 Å². The Morgan fingerprint density at radius 2 is 1.72 bits per heavy atom. The van der Waals surface area contributed by atoms with Crippen molar-refractivity contribution < 1.29 is 33.3 Å². The summed E-state index contributed by atoms with van der Waals surface area (Å²) in [6, 6.07) is 12.9. The van der Waals surface area contributed by atoms with Crippen molar-refractivity contribution in [2.75, 3.05) is 20.3 Å². The van der Waals surface area contributed by atoms with Crippen LogP contribution in [-0.4, -0.2) is 43.1 Å². The van der Waals surface area contributed by atoms with Gasteiger partial charge in [0.15, 0.2) is 23.0 Å². The summed E-state index contributed by atoms with van der Waals surface area (Å²) in [5.41, 5.74) is 1.66. The Balaban J connectivity index is 1.57. The molecule has 0 bridgehead atoms. The Labute approximate surface area is 273 Å². The first-order valence-electron chi connectivity index (χ1n) is 13.4. The summed E-state index contributed by atoms with van der Waals surface area (Å²) in [6.07, 6.45) is 2.24. The minimum absolute atomic E-state index is 0.0791. The van der Waals surface area contributed by atoms with Crippen LogP contribution in [-0.2, 0) is 22.7 Å². The lowest BCUT2D eigenvalue weighted by atomic mass is 10.1. The molecule has 43 heavy (non-hydrogen) atoms. The van der Waals surface area contributed by atoms with Crippen LogP contribution in [0, 0.1) is 3.57 Å². The van der Waals surface area contributed by atoms with Crippen molar-refractivity contribution in [2.45, 2.75) is 33.4 Å². The van der Waals surface area contributed by atoms with E-state index in [2.05, 4.69) is 27.9 Å². The van der Waals surface area contributed by atoms with Gasteiger partial charge in [0, 0.05) is 15.6 Å². The molecule has 4 rings (SSSR count). The zero-order valence-electron chi connectivity index (χ0n) is 23.7. The highest BCUT2D eigenvalue weighted by Crippen LogP contribution is 2.36. The van der Waals surface area contributed by atoms with Crippen molar-refractivity contribution >= 4 is 69.7 Å². The highest BCUT2D eigenvalue weighted by atomic mass is 127. The third kappa shape index (κ3) is 7.92. The Hall–Kier alpha value is -3.48. The number of barbiturate groups is 1. The van der Waals surface area contributed by atoms with Gasteiger partial charge >= 0.3 is 6.03 Å². The van der Waals surface area contributed by atoms with Gasteiger partial charge in [-0.05, 0) is 89.5 Å². The second kappa shape index (κ2) is 14.8. The number of ether oxygens (including phenoxy) is 4. The molecule has 1 fully saturated rings. The summed E-state index contributed by atoms with van der Waals surface area (Å²) < 4.78 is 23.7. The number of methoxy groups -OCH3 is 1. The number of carbonyl (C=O) groups is 3. The molecule has 3 aromatic carbocycles. The number of amides is 4. The summed E-state index contributed by atoms with van der Waals surface area (Å²) >= 11 is 14.3. The topological polar surface area (TPSA) is 103 Å². The molecule has 0 aliphatic carbocycles. The molecule has 12 heteroatoms. The summed E-state index contributed by atoms with van der Waals surface area (Å²) in [7, 11) is 1.48. The molecule has 0 saturated carbocycles. The fourth-order valence-electron chi connectivity index (χ4n) is 4.19. The lowest BCUT2D eigenvalue weighted by Gasteiger charge is -2.26. The molecule has 1 heterocycles. The molecule has 1 saturated heterocycles. The van der Waals surface area contributed by atoms with Crippen LogP contribution < -0.4 is 24.3 Å². The van der Waals surface area contributed by atoms with Crippen LogP contribution in [0.1, 0.15) is 37.0 Å². The zero-order valence-corrected chi connectivity index (χ0v) is 27.3. The van der Waals surface area contributed by atoms with Gasteiger partial charge in [0.1, 0.15) is 12.2 Å². The van der Waals surface area contributed by atoms with Crippen molar-refractivity contribution in [3.8, 4) is 23.0 Å². The normalized spacial score (nSPS) is 14.1. The lowest BCUT2D eigenvalue weighted by Crippen LogP contribution is -2.53. The van der Waals surface area contributed by atoms with Crippen LogP contribution in [0.2, 0.25) is 10.0 Å². The second-order valence-corrected chi connectivity index (χ2v) is 11.3. The maximum atomic E-state index is 13.4. The average molecular weight is 739 g/mol. The zero-order chi connectivity index (χ0) is 31.1. The lowest BCUT2D eigenvalue weighted by molar-refractivity contribution is -0.130. The minimum atomic E-state index is -0.812. The molecular weight excluding hydrogens is 710 g/mol. The van der Waals surface area contributed by atoms with E-state index in [1.54, 1.807) is 48.5 Å². The number of benzene rings is 3. The maximum Gasteiger partial charge on any atom is 0.331 e. The Kier molecular flexibility index (Phi) is 11.2. The van der Waals surface area contributed by atoms with Crippen LogP contribution in [0.15, 0.2) is 54.1 Å². The molecular formula is C31H29Cl2IN2O7. The van der Waals surface area contributed by atoms with E-state index in [4.69, 9.17) is 42.1 Å². The maximum absolute atomic E-state index is 13.4. The van der Waals surface area contributed by atoms with Gasteiger partial charge in [0.2, 0.25) is 0 Å². The predicted molar refractivity (Wildman–Crippen MR) is 172 cm³/mol. The number of carbonyl (C=O) groups excluding carboxylic acids is 3. The van der Waals surface area contributed by atoms with E-state index in [1.165, 1.54) is 13.2 Å². The molecule has 0 spiro atoms. The van der Waals surface area contributed by atoms with Crippen molar-refractivity contribution in [2.24, 2.45) is 0 Å². The van der Waals surface area contributed by atoms with Gasteiger partial charge in [0.05, 0.1) is 30.4 Å². The van der Waals surface area contributed by atoms with E-state index in [1.807, 2.05) is 13.8 Å². The van der Waals surface area contributed by atoms with Gasteiger partial charge in [-0.15, -0.1) is 0 Å². The quantitative estimate of drug-likeness (QED) is 0.121. The molecule has 1 aliphatic rings. The summed E-state index contributed by atoms with van der Waals surface area (Å²) in [5.74, 6) is 0.400. The number of rotatable bonds is 12. The van der Waals surface area contributed by atoms with E-state index >= 15 is 0 Å². The average Bonchev–Trinajstić information content (AvgIpc) is 2.97. The van der Waals surface area contributed by atoms with E-state index in [-0.39, 0.29) is 18.7 Å². The molecule has 4 amide bonds. The smallest absolute Gasteiger partial charge is 0.331 e. The molecule has 0 radical (unpaired) electrons. The van der Waals surface area contributed by atoms with Crippen molar-refractivity contribution in [1.82, 2.24) is 10.2 Å². The number of imide groups is 2. The van der Waals surface area contributed by atoms with Crippen molar-refractivity contribution in [3.63, 3.8) is 0 Å². The van der Waals surface area contributed by atoms with Gasteiger partial charge < -0.3 is 18.9 Å². The van der Waals surface area contributed by atoms with E-state index < -0.39 is 17.8 Å². The van der Waals surface area contributed by atoms with Crippen LogP contribution in [0.4, 0.5) is 4.79 Å². The highest BCUT2D eigenvalue weighted by molar-refractivity contribution is 14.1. The third-order valence-corrected chi connectivity index (χ3v) is 7.63. The number of nitrogens with one attached hydrogen (secondary N) is 1. The SMILES string of the molecule is CCCOc1ccc(CN2C(=O)NC(=O)/C(=C\c3cc(I)c(OCc4ccc(Cl)cc4Cl)c(OC)c3)C2=O)cc1OCC. The van der Waals surface area contributed by atoms with Crippen molar-refractivity contribution in [1.29, 1.82) is 0 Å². The monoisotopic (exact) mass is 738 g/mol. The van der Waals surface area contributed by atoms with E-state index in [9.17, 15) is 14.4 Å². The van der Waals surface area contributed by atoms with Gasteiger partial charge in [-0.2, -0.15) is 0 Å². The van der Waals surface area contributed by atoms with Crippen molar-refractivity contribution in [3.05, 3.63) is 84.4 Å². The van der Waals surface area contributed by atoms with Crippen LogP contribution in [0.3, 0.4) is 0 Å². The molecule has 1 aliphatic heterocycles. The van der Waals surface area contributed by atoms with Gasteiger partial charge in [-0.1, -0.05) is 42.3 Å². The number of hydrogen-bond acceptors (Lipinski definition) is 7. The van der Waals surface area contributed by atoms with Gasteiger partial charge in [-0.25, -0.2) is 4.79 Å². The van der Waals surface area contributed by atoms with Gasteiger partial charge in [-0.3, -0.25) is 19.8 Å². The Morgan fingerprint density at radius 1 is 0.930 bits per heavy atom. The third-order valence-electron chi connectivity index (χ3n) is 6.25. The van der Waals surface area contributed by atoms with Crippen LogP contribution >= 0.6 is 45.8 Å². The fourth-order valence-corrected chi connectivity index (χ4v) is 5.43. The molecule has 1 N–H and O–H groups in total. The number of halogens is 3. The molecule has 0 unspecified atom stereocenters. The molecule has 0 atom stereocenters. The Morgan fingerprint density at radius 3 is 2.42 bits per heavy atom. The largest absolute Gasteiger partial charge is 0.493 e. The van der Waals surface area contributed by atoms with Crippen LogP contribution in [0.25, 0.3) is 6.08 Å². The minimum Gasteiger partial charge on any atom is -0.493 e. The number of hydrogen-bond donors (Lipinski definition) is 1. The number of nitrogens with zero attached hydrogens (tertiary/aromatic N) is 1. The first-order chi connectivity index (χ1) is 20.6. The summed E-state index contributed by atoms with van der Waals surface area (Å²) in [5, 5.41) is 3.24. The van der Waals surface area contributed by atoms with Gasteiger partial charge in [0.25, 0.3) is 11.8 Å². The van der Waals surface area contributed by atoms with E-state index in [0.717, 1.165) is 16.9 Å². The number of urea groups is 1. The molecule has 3 aromatic rings. The first-order valence-corrected chi connectivity index (χ1v) is 15.2. The highest BCUT2D eigenvalue weighted by Gasteiger charge is 2.36. The Bertz CT molecular complexity index is 1580. The molecule has 0 aromatic heterocycles. The summed E-state index contributed by atoms with van der Waals surface area (Å²) in [4.78, 5) is 39.9. The molecule has 9 nitrogen and oxygen atoms in total. The first kappa shape index (κ1) is 32.4.